The molecule has 3 N–H and O–H groups in total. The molecule has 0 saturated carbocycles. The number of carbonyl (C=O) groups excluding carboxylic acids is 1. The number of rotatable bonds is 5. The zero-order valence-electron chi connectivity index (χ0n) is 10.2. The number of nitro groups is 1. The van der Waals surface area contributed by atoms with Crippen LogP contribution in [-0.4, -0.2) is 28.1 Å². The number of nitrogens with one attached hydrogen (secondary N) is 2. The highest BCUT2D eigenvalue weighted by atomic mass is 16.6. The number of nitrogens with zero attached hydrogens (tertiary/aromatic N) is 1. The highest BCUT2D eigenvalue weighted by Gasteiger charge is 2.18. The third-order valence-corrected chi connectivity index (χ3v) is 2.24. The van der Waals surface area contributed by atoms with Crippen LogP contribution in [-0.2, 0) is 4.79 Å². The first kappa shape index (κ1) is 15.0. The maximum atomic E-state index is 11.6. The Bertz CT molecular complexity index is 579. The van der Waals surface area contributed by atoms with Gasteiger partial charge in [0.25, 0.3) is 5.69 Å². The molecule has 8 heteroatoms. The zero-order chi connectivity index (χ0) is 15.1. The SMILES string of the molecule is C#CCC(NC(=O)Nc1cccc([N+](=O)[O-])c1)C(=O)O. The Kier molecular flexibility index (Phi) is 5.05. The number of carbonyl (C=O) groups is 2. The molecule has 2 amide bonds. The van der Waals surface area contributed by atoms with E-state index in [0.29, 0.717) is 0 Å². The first-order chi connectivity index (χ1) is 9.43. The van der Waals surface area contributed by atoms with Gasteiger partial charge in [-0.25, -0.2) is 9.59 Å². The number of urea groups is 1. The van der Waals surface area contributed by atoms with Gasteiger partial charge in [0.05, 0.1) is 4.92 Å². The number of anilines is 1. The predicted octanol–water partition coefficient (Wildman–Crippen LogP) is 1.19. The van der Waals surface area contributed by atoms with Gasteiger partial charge in [-0.3, -0.25) is 10.1 Å². The number of nitro benzene ring substituents is 1. The maximum Gasteiger partial charge on any atom is 0.327 e. The third-order valence-electron chi connectivity index (χ3n) is 2.24. The normalized spacial score (nSPS) is 10.9. The summed E-state index contributed by atoms with van der Waals surface area (Å²) in [5.74, 6) is 0.863. The van der Waals surface area contributed by atoms with Gasteiger partial charge in [-0.1, -0.05) is 6.07 Å². The summed E-state index contributed by atoms with van der Waals surface area (Å²) in [6.07, 6.45) is 4.82. The average Bonchev–Trinajstić information content (AvgIpc) is 2.38. The molecule has 0 aliphatic heterocycles. The smallest absolute Gasteiger partial charge is 0.327 e. The van der Waals surface area contributed by atoms with Gasteiger partial charge in [0.15, 0.2) is 0 Å². The van der Waals surface area contributed by atoms with E-state index in [-0.39, 0.29) is 17.8 Å². The van der Waals surface area contributed by atoms with Crippen LogP contribution >= 0.6 is 0 Å². The van der Waals surface area contributed by atoms with Gasteiger partial charge >= 0.3 is 12.0 Å². The molecule has 8 nitrogen and oxygen atoms in total. The van der Waals surface area contributed by atoms with E-state index in [9.17, 15) is 19.7 Å². The molecule has 0 aromatic heterocycles. The van der Waals surface area contributed by atoms with Crippen molar-refractivity contribution < 1.29 is 19.6 Å². The summed E-state index contributed by atoms with van der Waals surface area (Å²) in [5.41, 5.74) is -0.0252. The molecular weight excluding hydrogens is 266 g/mol. The van der Waals surface area contributed by atoms with Gasteiger partial charge in [-0.2, -0.15) is 0 Å². The van der Waals surface area contributed by atoms with Gasteiger partial charge in [-0.05, 0) is 6.07 Å². The lowest BCUT2D eigenvalue weighted by atomic mass is 10.2. The number of amides is 2. The van der Waals surface area contributed by atoms with Crippen LogP contribution in [0.15, 0.2) is 24.3 Å². The van der Waals surface area contributed by atoms with Crippen LogP contribution < -0.4 is 10.6 Å². The summed E-state index contributed by atoms with van der Waals surface area (Å²) in [7, 11) is 0. The first-order valence-corrected chi connectivity index (χ1v) is 5.42. The average molecular weight is 277 g/mol. The Morgan fingerprint density at radius 1 is 1.50 bits per heavy atom. The quantitative estimate of drug-likeness (QED) is 0.424. The molecule has 1 aromatic carbocycles. The second-order valence-corrected chi connectivity index (χ2v) is 3.70. The van der Waals surface area contributed by atoms with Crippen LogP contribution in [0.3, 0.4) is 0 Å². The van der Waals surface area contributed by atoms with Crippen LogP contribution in [0.1, 0.15) is 6.42 Å². The minimum atomic E-state index is -1.27. The molecule has 1 atom stereocenters. The van der Waals surface area contributed by atoms with Crippen molar-refractivity contribution in [2.24, 2.45) is 0 Å². The lowest BCUT2D eigenvalue weighted by Crippen LogP contribution is -2.42. The van der Waals surface area contributed by atoms with Crippen LogP contribution in [0.5, 0.6) is 0 Å². The van der Waals surface area contributed by atoms with E-state index in [0.717, 1.165) is 6.07 Å². The number of non-ortho nitro benzene ring substituents is 1. The van der Waals surface area contributed by atoms with E-state index in [4.69, 9.17) is 11.5 Å². The standard InChI is InChI=1S/C12H11N3O5/c1-2-4-10(11(16)17)14-12(18)13-8-5-3-6-9(7-8)15(19)20/h1,3,5-7,10H,4H2,(H,16,17)(H2,13,14,18). The Labute approximate surface area is 113 Å². The number of carboxylic acid groups (broad SMARTS) is 1. The maximum absolute atomic E-state index is 11.6. The van der Waals surface area contributed by atoms with Gasteiger partial charge in [-0.15, -0.1) is 12.3 Å². The molecule has 0 fully saturated rings. The summed E-state index contributed by atoms with van der Waals surface area (Å²) >= 11 is 0. The number of terminal acetylenes is 1. The van der Waals surface area contributed by atoms with E-state index < -0.39 is 23.0 Å². The van der Waals surface area contributed by atoms with Crippen molar-refractivity contribution in [2.75, 3.05) is 5.32 Å². The minimum Gasteiger partial charge on any atom is -0.480 e. The van der Waals surface area contributed by atoms with Crippen LogP contribution in [0.25, 0.3) is 0 Å². The zero-order valence-corrected chi connectivity index (χ0v) is 10.2. The van der Waals surface area contributed by atoms with Crippen molar-refractivity contribution in [3.63, 3.8) is 0 Å². The van der Waals surface area contributed by atoms with Crippen LogP contribution in [0, 0.1) is 22.5 Å². The fraction of sp³-hybridized carbons (Fsp3) is 0.167. The Balaban J connectivity index is 2.71. The molecule has 20 heavy (non-hydrogen) atoms. The number of aliphatic carboxylic acids is 1. The van der Waals surface area contributed by atoms with Gasteiger partial charge in [0.2, 0.25) is 0 Å². The molecular formula is C12H11N3O5. The Morgan fingerprint density at radius 3 is 2.75 bits per heavy atom. The Morgan fingerprint density at radius 2 is 2.20 bits per heavy atom. The number of hydrogen-bond donors (Lipinski definition) is 3. The molecule has 0 saturated heterocycles. The van der Waals surface area contributed by atoms with E-state index in [1.165, 1.54) is 18.2 Å². The molecule has 0 radical (unpaired) electrons. The summed E-state index contributed by atoms with van der Waals surface area (Å²) in [6.45, 7) is 0. The molecule has 0 bridgehead atoms. The van der Waals surface area contributed by atoms with Crippen LogP contribution in [0.4, 0.5) is 16.2 Å². The number of hydrogen-bond acceptors (Lipinski definition) is 4. The molecule has 0 aliphatic rings. The van der Waals surface area contributed by atoms with Crippen molar-refractivity contribution in [1.82, 2.24) is 5.32 Å². The van der Waals surface area contributed by atoms with Crippen molar-refractivity contribution in [3.05, 3.63) is 34.4 Å². The molecule has 1 rings (SSSR count). The topological polar surface area (TPSA) is 122 Å². The first-order valence-electron chi connectivity index (χ1n) is 5.42. The second kappa shape index (κ2) is 6.75. The van der Waals surface area contributed by atoms with Crippen LogP contribution in [0.2, 0.25) is 0 Å². The summed E-state index contributed by atoms with van der Waals surface area (Å²) in [4.78, 5) is 32.3. The monoisotopic (exact) mass is 277 g/mol. The Hall–Kier alpha value is -3.08. The lowest BCUT2D eigenvalue weighted by Gasteiger charge is -2.12. The van der Waals surface area contributed by atoms with Gasteiger partial charge in [0, 0.05) is 24.2 Å². The highest BCUT2D eigenvalue weighted by Crippen LogP contribution is 2.16. The summed E-state index contributed by atoms with van der Waals surface area (Å²) in [6, 6.07) is 3.21. The van der Waals surface area contributed by atoms with E-state index >= 15 is 0 Å². The van der Waals surface area contributed by atoms with E-state index in [1.54, 1.807) is 0 Å². The molecule has 104 valence electrons. The fourth-order valence-electron chi connectivity index (χ4n) is 1.34. The molecule has 0 aliphatic carbocycles. The summed E-state index contributed by atoms with van der Waals surface area (Å²) < 4.78 is 0. The summed E-state index contributed by atoms with van der Waals surface area (Å²) in [5, 5.41) is 23.8. The van der Waals surface area contributed by atoms with Crippen molar-refractivity contribution in [1.29, 1.82) is 0 Å². The van der Waals surface area contributed by atoms with E-state index in [2.05, 4.69) is 16.6 Å². The molecule has 0 heterocycles. The highest BCUT2D eigenvalue weighted by molar-refractivity contribution is 5.92. The second-order valence-electron chi connectivity index (χ2n) is 3.70. The largest absolute Gasteiger partial charge is 0.480 e. The molecule has 1 unspecified atom stereocenters. The predicted molar refractivity (Wildman–Crippen MR) is 70.1 cm³/mol. The fourth-order valence-corrected chi connectivity index (χ4v) is 1.34. The van der Waals surface area contributed by atoms with E-state index in [1.807, 2.05) is 0 Å². The van der Waals surface area contributed by atoms with Gasteiger partial charge in [0.1, 0.15) is 6.04 Å². The third kappa shape index (κ3) is 4.30. The number of carboxylic acids is 1. The van der Waals surface area contributed by atoms with Gasteiger partial charge < -0.3 is 15.7 Å². The minimum absolute atomic E-state index is 0.168. The molecule has 1 aromatic rings. The lowest BCUT2D eigenvalue weighted by molar-refractivity contribution is -0.384. The van der Waals surface area contributed by atoms with Crippen molar-refractivity contribution in [3.8, 4) is 12.3 Å². The van der Waals surface area contributed by atoms with Crippen molar-refractivity contribution in [2.45, 2.75) is 12.5 Å². The van der Waals surface area contributed by atoms with Crippen molar-refractivity contribution >= 4 is 23.4 Å². The number of benzene rings is 1. The molecule has 0 spiro atoms.